The topological polar surface area (TPSA) is 54.5 Å². The molecular formula is C23H27N3O2S. The van der Waals surface area contributed by atoms with Crippen LogP contribution in [0.3, 0.4) is 0 Å². The van der Waals surface area contributed by atoms with E-state index in [1.165, 1.54) is 15.8 Å². The van der Waals surface area contributed by atoms with Crippen LogP contribution in [0.5, 0.6) is 5.75 Å². The van der Waals surface area contributed by atoms with Crippen molar-refractivity contribution in [3.05, 3.63) is 53.1 Å². The first kappa shape index (κ1) is 19.7. The molecule has 152 valence electrons. The Labute approximate surface area is 175 Å². The van der Waals surface area contributed by atoms with E-state index in [1.54, 1.807) is 18.4 Å². The highest BCUT2D eigenvalue weighted by atomic mass is 32.1. The van der Waals surface area contributed by atoms with E-state index in [0.29, 0.717) is 6.54 Å². The number of anilines is 1. The van der Waals surface area contributed by atoms with Crippen LogP contribution in [0.2, 0.25) is 0 Å². The Balaban J connectivity index is 1.41. The van der Waals surface area contributed by atoms with Crippen molar-refractivity contribution >= 4 is 32.6 Å². The molecule has 2 aromatic carbocycles. The van der Waals surface area contributed by atoms with Gasteiger partial charge in [0, 0.05) is 19.6 Å². The number of amides is 1. The third kappa shape index (κ3) is 4.37. The number of benzene rings is 2. The molecule has 0 radical (unpaired) electrons. The van der Waals surface area contributed by atoms with E-state index in [-0.39, 0.29) is 11.8 Å². The average molecular weight is 410 g/mol. The van der Waals surface area contributed by atoms with Crippen LogP contribution in [0.4, 0.5) is 5.13 Å². The van der Waals surface area contributed by atoms with Gasteiger partial charge in [0.15, 0.2) is 5.13 Å². The normalized spacial score (nSPS) is 16.8. The van der Waals surface area contributed by atoms with Gasteiger partial charge >= 0.3 is 0 Å². The second-order valence-corrected chi connectivity index (χ2v) is 8.79. The fourth-order valence-electron chi connectivity index (χ4n) is 3.94. The Hall–Kier alpha value is -2.60. The highest BCUT2D eigenvalue weighted by Gasteiger charge is 2.27. The summed E-state index contributed by atoms with van der Waals surface area (Å²) in [7, 11) is 1.65. The smallest absolute Gasteiger partial charge is 0.225 e. The number of aromatic nitrogens is 1. The molecular weight excluding hydrogens is 382 g/mol. The minimum absolute atomic E-state index is 0.00292. The second-order valence-electron chi connectivity index (χ2n) is 7.78. The number of carbonyl (C=O) groups is 1. The first-order valence-corrected chi connectivity index (χ1v) is 10.9. The number of hydrogen-bond acceptors (Lipinski definition) is 5. The highest BCUT2D eigenvalue weighted by Crippen LogP contribution is 2.33. The number of carbonyl (C=O) groups excluding carboxylic acids is 1. The number of aryl methyl sites for hydroxylation is 2. The van der Waals surface area contributed by atoms with Crippen molar-refractivity contribution in [2.75, 3.05) is 25.1 Å². The number of piperidine rings is 1. The molecule has 0 bridgehead atoms. The van der Waals surface area contributed by atoms with E-state index >= 15 is 0 Å². The molecule has 1 aromatic heterocycles. The predicted molar refractivity (Wildman–Crippen MR) is 119 cm³/mol. The van der Waals surface area contributed by atoms with E-state index in [2.05, 4.69) is 36.2 Å². The zero-order valence-electron chi connectivity index (χ0n) is 17.2. The lowest BCUT2D eigenvalue weighted by atomic mass is 9.97. The molecule has 1 saturated heterocycles. The molecule has 2 heterocycles. The molecule has 0 spiro atoms. The lowest BCUT2D eigenvalue weighted by molar-refractivity contribution is -0.125. The average Bonchev–Trinajstić information content (AvgIpc) is 3.17. The van der Waals surface area contributed by atoms with Gasteiger partial charge < -0.3 is 15.0 Å². The van der Waals surface area contributed by atoms with Gasteiger partial charge in [-0.2, -0.15) is 0 Å². The maximum absolute atomic E-state index is 12.8. The maximum Gasteiger partial charge on any atom is 0.225 e. The maximum atomic E-state index is 12.8. The minimum atomic E-state index is -0.00292. The van der Waals surface area contributed by atoms with Crippen molar-refractivity contribution in [1.82, 2.24) is 10.3 Å². The molecule has 0 aliphatic carbocycles. The molecule has 4 rings (SSSR count). The van der Waals surface area contributed by atoms with Crippen molar-refractivity contribution < 1.29 is 9.53 Å². The highest BCUT2D eigenvalue weighted by molar-refractivity contribution is 7.22. The molecule has 1 atom stereocenters. The van der Waals surface area contributed by atoms with Crippen LogP contribution >= 0.6 is 11.3 Å². The molecule has 1 fully saturated rings. The van der Waals surface area contributed by atoms with Crippen LogP contribution < -0.4 is 15.0 Å². The van der Waals surface area contributed by atoms with Gasteiger partial charge in [-0.1, -0.05) is 29.5 Å². The Kier molecular flexibility index (Phi) is 5.72. The zero-order chi connectivity index (χ0) is 20.4. The quantitative estimate of drug-likeness (QED) is 0.676. The van der Waals surface area contributed by atoms with Gasteiger partial charge in [0.25, 0.3) is 0 Å². The Morgan fingerprint density at radius 2 is 2.07 bits per heavy atom. The number of rotatable bonds is 5. The Morgan fingerprint density at radius 1 is 1.28 bits per heavy atom. The SMILES string of the molecule is COc1ccc(CNC(=O)[C@H]2CCCN(c3nc4c(C)cc(C)cc4s3)C2)cc1. The Bertz CT molecular complexity index is 1010. The summed E-state index contributed by atoms with van der Waals surface area (Å²) >= 11 is 1.73. The van der Waals surface area contributed by atoms with Crippen molar-refractivity contribution in [3.8, 4) is 5.75 Å². The summed E-state index contributed by atoms with van der Waals surface area (Å²) in [5.41, 5.74) is 4.64. The van der Waals surface area contributed by atoms with E-state index in [0.717, 1.165) is 47.9 Å². The van der Waals surface area contributed by atoms with Gasteiger partial charge in [-0.05, 0) is 61.6 Å². The van der Waals surface area contributed by atoms with Crippen molar-refractivity contribution in [2.45, 2.75) is 33.2 Å². The van der Waals surface area contributed by atoms with Crippen LogP contribution in [-0.2, 0) is 11.3 Å². The monoisotopic (exact) mass is 409 g/mol. The minimum Gasteiger partial charge on any atom is -0.497 e. The molecule has 3 aromatic rings. The number of fused-ring (bicyclic) bond motifs is 1. The fraction of sp³-hybridized carbons (Fsp3) is 0.391. The fourth-order valence-corrected chi connectivity index (χ4v) is 5.11. The number of ether oxygens (including phenoxy) is 1. The van der Waals surface area contributed by atoms with Gasteiger partial charge in [-0.25, -0.2) is 4.98 Å². The van der Waals surface area contributed by atoms with E-state index in [1.807, 2.05) is 24.3 Å². The van der Waals surface area contributed by atoms with Crippen LogP contribution in [0.15, 0.2) is 36.4 Å². The molecule has 0 unspecified atom stereocenters. The van der Waals surface area contributed by atoms with Crippen molar-refractivity contribution in [3.63, 3.8) is 0 Å². The number of hydrogen-bond donors (Lipinski definition) is 1. The van der Waals surface area contributed by atoms with E-state index in [9.17, 15) is 4.79 Å². The third-order valence-electron chi connectivity index (χ3n) is 5.51. The van der Waals surface area contributed by atoms with Crippen molar-refractivity contribution in [1.29, 1.82) is 0 Å². The molecule has 1 N–H and O–H groups in total. The summed E-state index contributed by atoms with van der Waals surface area (Å²) in [6.45, 7) is 6.46. The molecule has 6 heteroatoms. The number of methoxy groups -OCH3 is 1. The van der Waals surface area contributed by atoms with Crippen LogP contribution in [0, 0.1) is 19.8 Å². The van der Waals surface area contributed by atoms with Gasteiger partial charge in [-0.3, -0.25) is 4.79 Å². The van der Waals surface area contributed by atoms with Gasteiger partial charge in [0.05, 0.1) is 23.2 Å². The summed E-state index contributed by atoms with van der Waals surface area (Å²) in [6, 6.07) is 12.2. The lowest BCUT2D eigenvalue weighted by Gasteiger charge is -2.31. The first-order valence-electron chi connectivity index (χ1n) is 10.1. The molecule has 29 heavy (non-hydrogen) atoms. The first-order chi connectivity index (χ1) is 14.0. The van der Waals surface area contributed by atoms with Crippen LogP contribution in [-0.4, -0.2) is 31.1 Å². The number of nitrogens with one attached hydrogen (secondary N) is 1. The van der Waals surface area contributed by atoms with Gasteiger partial charge in [0.1, 0.15) is 5.75 Å². The molecule has 0 saturated carbocycles. The summed E-state index contributed by atoms with van der Waals surface area (Å²) in [4.78, 5) is 19.9. The summed E-state index contributed by atoms with van der Waals surface area (Å²) in [5, 5.41) is 4.13. The molecule has 1 aliphatic heterocycles. The predicted octanol–water partition coefficient (Wildman–Crippen LogP) is 4.45. The zero-order valence-corrected chi connectivity index (χ0v) is 18.0. The summed E-state index contributed by atoms with van der Waals surface area (Å²) in [6.07, 6.45) is 1.93. The molecule has 5 nitrogen and oxygen atoms in total. The third-order valence-corrected chi connectivity index (χ3v) is 6.57. The van der Waals surface area contributed by atoms with Crippen LogP contribution in [0.25, 0.3) is 10.2 Å². The van der Waals surface area contributed by atoms with E-state index in [4.69, 9.17) is 9.72 Å². The summed E-state index contributed by atoms with van der Waals surface area (Å²) in [5.74, 6) is 0.944. The lowest BCUT2D eigenvalue weighted by Crippen LogP contribution is -2.42. The Morgan fingerprint density at radius 3 is 2.83 bits per heavy atom. The summed E-state index contributed by atoms with van der Waals surface area (Å²) < 4.78 is 6.41. The van der Waals surface area contributed by atoms with Crippen LogP contribution in [0.1, 0.15) is 29.5 Å². The standard InChI is InChI=1S/C23H27N3O2S/c1-15-11-16(2)21-20(12-15)29-23(25-21)26-10-4-5-18(14-26)22(27)24-13-17-6-8-19(28-3)9-7-17/h6-9,11-12,18H,4-5,10,13-14H2,1-3H3,(H,24,27)/t18-/m0/s1. The largest absolute Gasteiger partial charge is 0.497 e. The van der Waals surface area contributed by atoms with Gasteiger partial charge in [-0.15, -0.1) is 0 Å². The van der Waals surface area contributed by atoms with E-state index < -0.39 is 0 Å². The van der Waals surface area contributed by atoms with Crippen molar-refractivity contribution in [2.24, 2.45) is 5.92 Å². The van der Waals surface area contributed by atoms with Gasteiger partial charge in [0.2, 0.25) is 5.91 Å². The molecule has 1 amide bonds. The second kappa shape index (κ2) is 8.41. The molecule has 1 aliphatic rings. The number of thiazole rings is 1. The number of nitrogens with zero attached hydrogens (tertiary/aromatic N) is 2.